The Morgan fingerprint density at radius 1 is 1.42 bits per heavy atom. The van der Waals surface area contributed by atoms with Crippen LogP contribution in [0.15, 0.2) is 16.8 Å². The Kier molecular flexibility index (Phi) is 4.40. The summed E-state index contributed by atoms with van der Waals surface area (Å²) in [6.07, 6.45) is -5.10. The van der Waals surface area contributed by atoms with Gasteiger partial charge in [0.15, 0.2) is 0 Å². The molecule has 9 heteroatoms. The first kappa shape index (κ1) is 15.3. The second-order valence-electron chi connectivity index (χ2n) is 3.87. The summed E-state index contributed by atoms with van der Waals surface area (Å²) in [5.74, 6) is -2.18. The number of thiophene rings is 1. The van der Waals surface area contributed by atoms with Crippen molar-refractivity contribution in [2.75, 3.05) is 0 Å². The number of aliphatic carboxylic acids is 1. The highest BCUT2D eigenvalue weighted by Gasteiger charge is 2.58. The minimum Gasteiger partial charge on any atom is -0.479 e. The zero-order chi connectivity index (χ0) is 14.7. The number of carbonyl (C=O) groups excluding carboxylic acids is 1. The van der Waals surface area contributed by atoms with Gasteiger partial charge in [0.2, 0.25) is 5.54 Å². The van der Waals surface area contributed by atoms with E-state index in [1.54, 1.807) is 16.8 Å². The average Bonchev–Trinajstić information content (AvgIpc) is 2.77. The van der Waals surface area contributed by atoms with Crippen molar-refractivity contribution in [3.63, 3.8) is 0 Å². The van der Waals surface area contributed by atoms with Crippen LogP contribution in [0.25, 0.3) is 0 Å². The van der Waals surface area contributed by atoms with Crippen molar-refractivity contribution in [1.82, 2.24) is 10.6 Å². The molecule has 1 aromatic rings. The summed E-state index contributed by atoms with van der Waals surface area (Å²) < 4.78 is 37.8. The number of carboxylic acids is 1. The maximum Gasteiger partial charge on any atom is 0.422 e. The van der Waals surface area contributed by atoms with Crippen LogP contribution in [0.4, 0.5) is 18.0 Å². The Labute approximate surface area is 110 Å². The molecule has 1 heterocycles. The van der Waals surface area contributed by atoms with E-state index in [0.29, 0.717) is 12.5 Å². The van der Waals surface area contributed by atoms with Gasteiger partial charge in [0.25, 0.3) is 0 Å². The van der Waals surface area contributed by atoms with Crippen molar-refractivity contribution >= 4 is 23.3 Å². The van der Waals surface area contributed by atoms with E-state index < -0.39 is 23.7 Å². The van der Waals surface area contributed by atoms with Gasteiger partial charge in [0.1, 0.15) is 0 Å². The molecule has 3 N–H and O–H groups in total. The first-order valence-electron chi connectivity index (χ1n) is 5.04. The van der Waals surface area contributed by atoms with Crippen molar-refractivity contribution in [2.24, 2.45) is 0 Å². The number of hydrogen-bond acceptors (Lipinski definition) is 3. The van der Waals surface area contributed by atoms with Crippen LogP contribution >= 0.6 is 11.3 Å². The number of halogens is 3. The van der Waals surface area contributed by atoms with E-state index in [2.05, 4.69) is 5.32 Å². The van der Waals surface area contributed by atoms with Crippen LogP contribution in [-0.2, 0) is 11.3 Å². The fraction of sp³-hybridized carbons (Fsp3) is 0.400. The van der Waals surface area contributed by atoms with Gasteiger partial charge >= 0.3 is 18.2 Å². The number of rotatable bonds is 4. The number of urea groups is 1. The van der Waals surface area contributed by atoms with Gasteiger partial charge in [0.05, 0.1) is 0 Å². The first-order chi connectivity index (χ1) is 8.67. The largest absolute Gasteiger partial charge is 0.479 e. The Bertz CT molecular complexity index is 461. The molecule has 106 valence electrons. The van der Waals surface area contributed by atoms with Crippen LogP contribution in [0.2, 0.25) is 0 Å². The van der Waals surface area contributed by atoms with Gasteiger partial charge in [0, 0.05) is 6.54 Å². The van der Waals surface area contributed by atoms with E-state index in [9.17, 15) is 22.8 Å². The summed E-state index contributed by atoms with van der Waals surface area (Å²) in [5, 5.41) is 15.6. The highest BCUT2D eigenvalue weighted by Crippen LogP contribution is 2.30. The quantitative estimate of drug-likeness (QED) is 0.794. The zero-order valence-electron chi connectivity index (χ0n) is 9.75. The number of nitrogens with one attached hydrogen (secondary N) is 2. The van der Waals surface area contributed by atoms with Gasteiger partial charge in [-0.3, -0.25) is 0 Å². The van der Waals surface area contributed by atoms with E-state index in [1.807, 2.05) is 0 Å². The highest BCUT2D eigenvalue weighted by atomic mass is 32.1. The molecule has 0 saturated heterocycles. The maximum absolute atomic E-state index is 12.6. The van der Waals surface area contributed by atoms with Gasteiger partial charge < -0.3 is 15.7 Å². The SMILES string of the molecule is CC(NC(=O)NCc1ccsc1)(C(=O)O)C(F)(F)F. The molecule has 0 aliphatic carbocycles. The standard InChI is InChI=1S/C10H11F3N2O3S/c1-9(7(16)17,10(11,12)13)15-8(18)14-4-6-2-3-19-5-6/h2-3,5H,4H2,1H3,(H,16,17)(H2,14,15,18). The summed E-state index contributed by atoms with van der Waals surface area (Å²) in [4.78, 5) is 22.0. The number of amides is 2. The molecule has 0 aromatic carbocycles. The van der Waals surface area contributed by atoms with Crippen molar-refractivity contribution < 1.29 is 27.9 Å². The molecule has 1 rings (SSSR count). The molecule has 0 aliphatic rings. The molecule has 0 saturated carbocycles. The molecule has 1 unspecified atom stereocenters. The number of hydrogen-bond donors (Lipinski definition) is 3. The molecular formula is C10H11F3N2O3S. The molecule has 1 atom stereocenters. The topological polar surface area (TPSA) is 78.4 Å². The van der Waals surface area contributed by atoms with Crippen LogP contribution in [0, 0.1) is 0 Å². The molecule has 5 nitrogen and oxygen atoms in total. The van der Waals surface area contributed by atoms with E-state index in [1.165, 1.54) is 16.7 Å². The predicted octanol–water partition coefficient (Wildman–Crippen LogP) is 1.95. The second-order valence-corrected chi connectivity index (χ2v) is 4.65. The van der Waals surface area contributed by atoms with Crippen LogP contribution < -0.4 is 10.6 Å². The van der Waals surface area contributed by atoms with Crippen LogP contribution in [0.1, 0.15) is 12.5 Å². The number of carboxylic acid groups (broad SMARTS) is 1. The van der Waals surface area contributed by atoms with E-state index in [0.717, 1.165) is 0 Å². The van der Waals surface area contributed by atoms with Crippen molar-refractivity contribution in [2.45, 2.75) is 25.2 Å². The summed E-state index contributed by atoms with van der Waals surface area (Å²) in [5.41, 5.74) is -2.62. The average molecular weight is 296 g/mol. The smallest absolute Gasteiger partial charge is 0.422 e. The van der Waals surface area contributed by atoms with Gasteiger partial charge in [-0.15, -0.1) is 0 Å². The fourth-order valence-corrected chi connectivity index (χ4v) is 1.76. The minimum atomic E-state index is -5.10. The normalized spacial score (nSPS) is 14.5. The maximum atomic E-state index is 12.6. The van der Waals surface area contributed by atoms with Crippen molar-refractivity contribution in [3.8, 4) is 0 Å². The molecule has 19 heavy (non-hydrogen) atoms. The first-order valence-corrected chi connectivity index (χ1v) is 5.98. The van der Waals surface area contributed by atoms with Crippen molar-refractivity contribution in [3.05, 3.63) is 22.4 Å². The molecule has 0 spiro atoms. The lowest BCUT2D eigenvalue weighted by Crippen LogP contribution is -2.63. The van der Waals surface area contributed by atoms with Crippen LogP contribution in [0.5, 0.6) is 0 Å². The molecule has 1 aromatic heterocycles. The number of alkyl halides is 3. The summed E-state index contributed by atoms with van der Waals surface area (Å²) >= 11 is 1.37. The summed E-state index contributed by atoms with van der Waals surface area (Å²) in [6, 6.07) is 0.485. The van der Waals surface area contributed by atoms with Gasteiger partial charge in [-0.25, -0.2) is 9.59 Å². The molecule has 0 radical (unpaired) electrons. The molecule has 2 amide bonds. The highest BCUT2D eigenvalue weighted by molar-refractivity contribution is 7.07. The van der Waals surface area contributed by atoms with Gasteiger partial charge in [-0.2, -0.15) is 24.5 Å². The second kappa shape index (κ2) is 5.47. The third-order valence-corrected chi connectivity index (χ3v) is 3.12. The lowest BCUT2D eigenvalue weighted by molar-refractivity contribution is -0.203. The van der Waals surface area contributed by atoms with E-state index in [-0.39, 0.29) is 6.54 Å². The van der Waals surface area contributed by atoms with Crippen LogP contribution in [0.3, 0.4) is 0 Å². The Hall–Kier alpha value is -1.77. The molecule has 0 fully saturated rings. The lowest BCUT2D eigenvalue weighted by atomic mass is 10.0. The summed E-state index contributed by atoms with van der Waals surface area (Å²) in [7, 11) is 0. The van der Waals surface area contributed by atoms with Gasteiger partial charge in [-0.1, -0.05) is 0 Å². The molecular weight excluding hydrogens is 285 g/mol. The van der Waals surface area contributed by atoms with E-state index in [4.69, 9.17) is 5.11 Å². The van der Waals surface area contributed by atoms with E-state index >= 15 is 0 Å². The summed E-state index contributed by atoms with van der Waals surface area (Å²) in [6.45, 7) is 0.405. The monoisotopic (exact) mass is 296 g/mol. The molecule has 0 bridgehead atoms. The minimum absolute atomic E-state index is 0.0168. The molecule has 0 aliphatic heterocycles. The van der Waals surface area contributed by atoms with Crippen LogP contribution in [-0.4, -0.2) is 28.8 Å². The zero-order valence-corrected chi connectivity index (χ0v) is 10.6. The lowest BCUT2D eigenvalue weighted by Gasteiger charge is -2.28. The van der Waals surface area contributed by atoms with Gasteiger partial charge in [-0.05, 0) is 29.3 Å². The Balaban J connectivity index is 2.65. The fourth-order valence-electron chi connectivity index (χ4n) is 1.09. The Morgan fingerprint density at radius 2 is 2.05 bits per heavy atom. The third kappa shape index (κ3) is 3.60. The predicted molar refractivity (Wildman–Crippen MR) is 61.8 cm³/mol. The third-order valence-electron chi connectivity index (χ3n) is 2.39. The Morgan fingerprint density at radius 3 is 2.47 bits per heavy atom. The number of carbonyl (C=O) groups is 2. The van der Waals surface area contributed by atoms with Crippen molar-refractivity contribution in [1.29, 1.82) is 0 Å².